The largest absolute Gasteiger partial charge is 0.623 e. The third-order valence-electron chi connectivity index (χ3n) is 5.92. The minimum Gasteiger partial charge on any atom is -0.623 e. The van der Waals surface area contributed by atoms with E-state index in [0.717, 1.165) is 21.4 Å². The summed E-state index contributed by atoms with van der Waals surface area (Å²) in [6, 6.07) is 29.4. The van der Waals surface area contributed by atoms with Crippen LogP contribution in [0.1, 0.15) is 23.1 Å². The lowest BCUT2D eigenvalue weighted by Gasteiger charge is -2.22. The highest BCUT2D eigenvalue weighted by Crippen LogP contribution is 2.26. The van der Waals surface area contributed by atoms with E-state index in [9.17, 15) is 5.21 Å². The Hall–Kier alpha value is -3.25. The predicted octanol–water partition coefficient (Wildman–Crippen LogP) is 5.28. The second kappa shape index (κ2) is 12.3. The molecule has 3 aromatic carbocycles. The first kappa shape index (κ1) is 23.9. The van der Waals surface area contributed by atoms with E-state index in [1.807, 2.05) is 91.0 Å². The predicted molar refractivity (Wildman–Crippen MR) is 133 cm³/mol. The topological polar surface area (TPSA) is 53.8 Å². The van der Waals surface area contributed by atoms with Gasteiger partial charge in [0.05, 0.1) is 19.8 Å². The van der Waals surface area contributed by atoms with Crippen LogP contribution in [0.4, 0.5) is 0 Å². The van der Waals surface area contributed by atoms with Crippen molar-refractivity contribution in [3.63, 3.8) is 0 Å². The highest BCUT2D eigenvalue weighted by molar-refractivity contribution is 5.87. The van der Waals surface area contributed by atoms with Crippen molar-refractivity contribution in [1.29, 1.82) is 0 Å². The molecule has 0 aromatic heterocycles. The summed E-state index contributed by atoms with van der Waals surface area (Å²) < 4.78 is 19.6. The molecule has 5 heteroatoms. The maximum atomic E-state index is 13.4. The molecule has 0 saturated carbocycles. The molecule has 0 spiro atoms. The first-order valence-electron chi connectivity index (χ1n) is 11.6. The smallest absolute Gasteiger partial charge is 0.221 e. The van der Waals surface area contributed by atoms with Crippen LogP contribution in [-0.2, 0) is 34.0 Å². The molecule has 1 aliphatic heterocycles. The van der Waals surface area contributed by atoms with E-state index >= 15 is 0 Å². The number of hydrogen-bond donors (Lipinski definition) is 0. The quantitative estimate of drug-likeness (QED) is 0.211. The molecule has 0 bridgehead atoms. The molecule has 0 aliphatic carbocycles. The van der Waals surface area contributed by atoms with Crippen LogP contribution >= 0.6 is 0 Å². The van der Waals surface area contributed by atoms with E-state index in [0.29, 0.717) is 32.0 Å². The van der Waals surface area contributed by atoms with Gasteiger partial charge in [0.1, 0.15) is 6.61 Å². The second-order valence-corrected chi connectivity index (χ2v) is 8.37. The fraction of sp³-hybridized carbons (Fsp3) is 0.276. The first-order chi connectivity index (χ1) is 16.8. The molecule has 176 valence electrons. The molecule has 1 aliphatic rings. The molecular formula is C29H31NO4. The van der Waals surface area contributed by atoms with Crippen LogP contribution in [0.15, 0.2) is 104 Å². The fourth-order valence-corrected chi connectivity index (χ4v) is 4.17. The minimum absolute atomic E-state index is 0.177. The number of nitrogens with zero attached hydrogens (tertiary/aromatic N) is 1. The summed E-state index contributed by atoms with van der Waals surface area (Å²) in [7, 11) is 0. The van der Waals surface area contributed by atoms with Crippen LogP contribution in [0.5, 0.6) is 0 Å². The molecular weight excluding hydrogens is 426 g/mol. The van der Waals surface area contributed by atoms with Crippen LogP contribution in [0.3, 0.4) is 0 Å². The lowest BCUT2D eigenvalue weighted by molar-refractivity contribution is -0.503. The average Bonchev–Trinajstić information content (AvgIpc) is 3.13. The van der Waals surface area contributed by atoms with E-state index in [-0.39, 0.29) is 6.61 Å². The van der Waals surface area contributed by atoms with Gasteiger partial charge < -0.3 is 19.4 Å². The summed E-state index contributed by atoms with van der Waals surface area (Å²) in [4.78, 5) is 0. The van der Waals surface area contributed by atoms with Crippen LogP contribution in [0.25, 0.3) is 0 Å². The van der Waals surface area contributed by atoms with Gasteiger partial charge in [-0.3, -0.25) is 0 Å². The van der Waals surface area contributed by atoms with Gasteiger partial charge in [-0.25, -0.2) is 4.74 Å². The van der Waals surface area contributed by atoms with Crippen molar-refractivity contribution in [2.75, 3.05) is 6.61 Å². The SMILES string of the molecule is C=CC[C@@H]1[C@@H](OCc2ccccc2)[C@H](OCc2ccccc2)C(COCc2ccccc2)=[N+]1[O-]. The third-order valence-corrected chi connectivity index (χ3v) is 5.92. The van der Waals surface area contributed by atoms with Crippen molar-refractivity contribution in [2.24, 2.45) is 0 Å². The van der Waals surface area contributed by atoms with Crippen molar-refractivity contribution in [3.05, 3.63) is 126 Å². The Bertz CT molecular complexity index is 1050. The molecule has 1 heterocycles. The summed E-state index contributed by atoms with van der Waals surface area (Å²) >= 11 is 0. The highest BCUT2D eigenvalue weighted by atomic mass is 16.6. The summed E-state index contributed by atoms with van der Waals surface area (Å²) in [6.45, 7) is 5.24. The number of rotatable bonds is 12. The lowest BCUT2D eigenvalue weighted by Crippen LogP contribution is -2.40. The monoisotopic (exact) mass is 457 g/mol. The zero-order valence-electron chi connectivity index (χ0n) is 19.3. The number of ether oxygens (including phenoxy) is 3. The van der Waals surface area contributed by atoms with E-state index in [1.54, 1.807) is 6.08 Å². The van der Waals surface area contributed by atoms with Crippen LogP contribution in [0, 0.1) is 5.21 Å². The maximum absolute atomic E-state index is 13.4. The normalized spacial score (nSPS) is 19.9. The Morgan fingerprint density at radius 1 is 0.706 bits per heavy atom. The Labute approximate surface area is 201 Å². The number of hydroxylamine groups is 1. The zero-order valence-corrected chi connectivity index (χ0v) is 19.3. The zero-order chi connectivity index (χ0) is 23.6. The molecule has 3 atom stereocenters. The second-order valence-electron chi connectivity index (χ2n) is 8.37. The molecule has 4 rings (SSSR count). The van der Waals surface area contributed by atoms with Crippen molar-refractivity contribution >= 4 is 5.71 Å². The third kappa shape index (κ3) is 6.20. The number of benzene rings is 3. The summed E-state index contributed by atoms with van der Waals surface area (Å²) in [5.74, 6) is 0. The molecule has 5 nitrogen and oxygen atoms in total. The Kier molecular flexibility index (Phi) is 8.63. The molecule has 0 N–H and O–H groups in total. The van der Waals surface area contributed by atoms with E-state index in [2.05, 4.69) is 6.58 Å². The van der Waals surface area contributed by atoms with Gasteiger partial charge in [0.25, 0.3) is 0 Å². The first-order valence-corrected chi connectivity index (χ1v) is 11.6. The van der Waals surface area contributed by atoms with Gasteiger partial charge in [0.15, 0.2) is 18.2 Å². The van der Waals surface area contributed by atoms with Gasteiger partial charge in [-0.1, -0.05) is 97.1 Å². The summed E-state index contributed by atoms with van der Waals surface area (Å²) in [6.07, 6.45) is 1.31. The maximum Gasteiger partial charge on any atom is 0.221 e. The van der Waals surface area contributed by atoms with Crippen LogP contribution < -0.4 is 0 Å². The summed E-state index contributed by atoms with van der Waals surface area (Å²) in [5.41, 5.74) is 3.70. The van der Waals surface area contributed by atoms with Crippen molar-refractivity contribution in [3.8, 4) is 0 Å². The average molecular weight is 458 g/mol. The molecule has 0 saturated heterocycles. The van der Waals surface area contributed by atoms with E-state index < -0.39 is 18.2 Å². The number of hydrogen-bond acceptors (Lipinski definition) is 4. The molecule has 34 heavy (non-hydrogen) atoms. The van der Waals surface area contributed by atoms with Crippen LogP contribution in [-0.4, -0.2) is 35.3 Å². The van der Waals surface area contributed by atoms with Gasteiger partial charge in [-0.15, -0.1) is 6.58 Å². The van der Waals surface area contributed by atoms with Gasteiger partial charge in [-0.2, -0.15) is 0 Å². The van der Waals surface area contributed by atoms with Gasteiger partial charge in [0.2, 0.25) is 5.71 Å². The Morgan fingerprint density at radius 3 is 1.74 bits per heavy atom. The summed E-state index contributed by atoms with van der Waals surface area (Å²) in [5, 5.41) is 13.4. The van der Waals surface area contributed by atoms with Crippen molar-refractivity contribution in [2.45, 2.75) is 44.5 Å². The Morgan fingerprint density at radius 2 is 1.21 bits per heavy atom. The van der Waals surface area contributed by atoms with Gasteiger partial charge in [0, 0.05) is 6.42 Å². The van der Waals surface area contributed by atoms with Crippen molar-refractivity contribution < 1.29 is 18.9 Å². The van der Waals surface area contributed by atoms with E-state index in [4.69, 9.17) is 14.2 Å². The van der Waals surface area contributed by atoms with Crippen molar-refractivity contribution in [1.82, 2.24) is 0 Å². The van der Waals surface area contributed by atoms with Crippen LogP contribution in [0.2, 0.25) is 0 Å². The Balaban J connectivity index is 1.52. The molecule has 0 unspecified atom stereocenters. The fourth-order valence-electron chi connectivity index (χ4n) is 4.17. The molecule has 0 fully saturated rings. The lowest BCUT2D eigenvalue weighted by atomic mass is 10.0. The van der Waals surface area contributed by atoms with E-state index in [1.165, 1.54) is 0 Å². The standard InChI is InChI=1S/C29H31NO4/c1-2-12-26-28(33-20-24-15-8-4-9-16-24)29(34-21-25-17-10-5-11-18-25)27(30(26)31)22-32-19-23-13-6-3-7-14-23/h2-11,13-18,26,28-29H,1,12,19-22H2/t26-,28-,29-/m1/s1. The van der Waals surface area contributed by atoms with Gasteiger partial charge in [-0.05, 0) is 16.7 Å². The van der Waals surface area contributed by atoms with Gasteiger partial charge >= 0.3 is 0 Å². The molecule has 3 aromatic rings. The molecule has 0 amide bonds. The highest BCUT2D eigenvalue weighted by Gasteiger charge is 2.49. The minimum atomic E-state index is -0.512. The molecule has 0 radical (unpaired) electrons.